The minimum absolute atomic E-state index is 0.124. The number of carbonyl (C=O) groups is 2. The van der Waals surface area contributed by atoms with Gasteiger partial charge in [0.2, 0.25) is 11.8 Å². The molecule has 0 aliphatic heterocycles. The number of rotatable bonds is 7. The van der Waals surface area contributed by atoms with Crippen molar-refractivity contribution in [1.29, 1.82) is 0 Å². The Kier molecular flexibility index (Phi) is 6.71. The van der Waals surface area contributed by atoms with Crippen molar-refractivity contribution in [2.45, 2.75) is 6.42 Å². The van der Waals surface area contributed by atoms with Gasteiger partial charge in [0.1, 0.15) is 11.6 Å². The summed E-state index contributed by atoms with van der Waals surface area (Å²) < 4.78 is 17.8. The summed E-state index contributed by atoms with van der Waals surface area (Å²) >= 11 is 0. The van der Waals surface area contributed by atoms with Crippen LogP contribution in [0.5, 0.6) is 5.75 Å². The number of benzene rings is 2. The molecule has 2 rings (SSSR count). The average molecular weight is 342 g/mol. The molecular formula is C19H19FN2O3. The van der Waals surface area contributed by atoms with E-state index in [4.69, 9.17) is 4.74 Å². The zero-order valence-corrected chi connectivity index (χ0v) is 13.8. The molecule has 0 saturated heterocycles. The van der Waals surface area contributed by atoms with Gasteiger partial charge in [0.05, 0.1) is 7.11 Å². The Morgan fingerprint density at radius 2 is 1.76 bits per heavy atom. The maximum Gasteiger partial charge on any atom is 0.244 e. The zero-order chi connectivity index (χ0) is 18.1. The molecule has 0 radical (unpaired) electrons. The number of ether oxygens (including phenoxy) is 1. The first-order chi connectivity index (χ1) is 12.1. The van der Waals surface area contributed by atoms with Crippen LogP contribution < -0.4 is 15.4 Å². The number of hydrogen-bond donors (Lipinski definition) is 2. The molecule has 0 heterocycles. The van der Waals surface area contributed by atoms with E-state index in [0.717, 1.165) is 11.3 Å². The second-order valence-corrected chi connectivity index (χ2v) is 5.20. The molecule has 0 bridgehead atoms. The smallest absolute Gasteiger partial charge is 0.244 e. The van der Waals surface area contributed by atoms with E-state index >= 15 is 0 Å². The molecule has 0 aromatic heterocycles. The van der Waals surface area contributed by atoms with Crippen LogP contribution in [0.2, 0.25) is 0 Å². The third-order valence-corrected chi connectivity index (χ3v) is 3.32. The molecular weight excluding hydrogens is 323 g/mol. The Morgan fingerprint density at radius 3 is 2.40 bits per heavy atom. The second-order valence-electron chi connectivity index (χ2n) is 5.20. The van der Waals surface area contributed by atoms with E-state index < -0.39 is 0 Å². The van der Waals surface area contributed by atoms with Crippen LogP contribution in [0.1, 0.15) is 12.0 Å². The molecule has 0 unspecified atom stereocenters. The zero-order valence-electron chi connectivity index (χ0n) is 13.8. The predicted molar refractivity (Wildman–Crippen MR) is 94.7 cm³/mol. The van der Waals surface area contributed by atoms with Gasteiger partial charge in [0.15, 0.2) is 0 Å². The first-order valence-corrected chi connectivity index (χ1v) is 7.72. The lowest BCUT2D eigenvalue weighted by atomic mass is 10.2. The number of hydrogen-bond acceptors (Lipinski definition) is 3. The highest BCUT2D eigenvalue weighted by Gasteiger charge is 2.03. The van der Waals surface area contributed by atoms with Gasteiger partial charge in [-0.05, 0) is 48.0 Å². The minimum atomic E-state index is -0.367. The summed E-state index contributed by atoms with van der Waals surface area (Å²) in [5, 5.41) is 5.25. The van der Waals surface area contributed by atoms with Crippen LogP contribution in [0.3, 0.4) is 0 Å². The highest BCUT2D eigenvalue weighted by molar-refractivity contribution is 5.93. The van der Waals surface area contributed by atoms with E-state index in [0.29, 0.717) is 5.69 Å². The molecule has 2 N–H and O–H groups in total. The van der Waals surface area contributed by atoms with Gasteiger partial charge in [-0.25, -0.2) is 4.39 Å². The average Bonchev–Trinajstić information content (AvgIpc) is 2.62. The molecule has 5 nitrogen and oxygen atoms in total. The molecule has 2 aromatic carbocycles. The van der Waals surface area contributed by atoms with Crippen LogP contribution in [-0.2, 0) is 9.59 Å². The standard InChI is InChI=1S/C19H19FN2O3/c1-25-17-9-2-14(3-10-17)4-11-18(23)21-13-12-19(24)22-16-7-5-15(20)6-8-16/h2-11H,12-13H2,1H3,(H,21,23)(H,22,24)/b11-4+. The lowest BCUT2D eigenvalue weighted by molar-refractivity contribution is -0.117. The van der Waals surface area contributed by atoms with Gasteiger partial charge in [0, 0.05) is 24.7 Å². The fourth-order valence-electron chi connectivity index (χ4n) is 2.00. The van der Waals surface area contributed by atoms with Crippen molar-refractivity contribution >= 4 is 23.6 Å². The van der Waals surface area contributed by atoms with Gasteiger partial charge in [-0.1, -0.05) is 12.1 Å². The number of anilines is 1. The SMILES string of the molecule is COc1ccc(/C=C/C(=O)NCCC(=O)Nc2ccc(F)cc2)cc1. The molecule has 0 fully saturated rings. The number of nitrogens with one attached hydrogen (secondary N) is 2. The van der Waals surface area contributed by atoms with Gasteiger partial charge in [-0.2, -0.15) is 0 Å². The van der Waals surface area contributed by atoms with Gasteiger partial charge < -0.3 is 15.4 Å². The third-order valence-electron chi connectivity index (χ3n) is 3.32. The molecule has 0 aliphatic carbocycles. The van der Waals surface area contributed by atoms with Crippen LogP contribution in [0.15, 0.2) is 54.6 Å². The number of amides is 2. The summed E-state index contributed by atoms with van der Waals surface area (Å²) in [7, 11) is 1.59. The molecule has 0 aliphatic rings. The third kappa shape index (κ3) is 6.47. The Bertz CT molecular complexity index is 740. The largest absolute Gasteiger partial charge is 0.497 e. The maximum atomic E-state index is 12.8. The van der Waals surface area contributed by atoms with Gasteiger partial charge >= 0.3 is 0 Å². The van der Waals surface area contributed by atoms with E-state index in [1.807, 2.05) is 12.1 Å². The van der Waals surface area contributed by atoms with Crippen molar-refractivity contribution < 1.29 is 18.7 Å². The number of halogens is 1. The van der Waals surface area contributed by atoms with Crippen molar-refractivity contribution in [3.05, 3.63) is 66.0 Å². The lowest BCUT2D eigenvalue weighted by Gasteiger charge is -2.05. The second kappa shape index (κ2) is 9.22. The van der Waals surface area contributed by atoms with Crippen molar-refractivity contribution in [1.82, 2.24) is 5.32 Å². The molecule has 2 amide bonds. The highest BCUT2D eigenvalue weighted by Crippen LogP contribution is 2.12. The summed E-state index contributed by atoms with van der Waals surface area (Å²) in [6, 6.07) is 12.8. The van der Waals surface area contributed by atoms with E-state index in [-0.39, 0.29) is 30.6 Å². The Balaban J connectivity index is 1.71. The summed E-state index contributed by atoms with van der Waals surface area (Å²) in [6.07, 6.45) is 3.20. The van der Waals surface area contributed by atoms with Crippen molar-refractivity contribution in [2.24, 2.45) is 0 Å². The molecule has 25 heavy (non-hydrogen) atoms. The summed E-state index contributed by atoms with van der Waals surface area (Å²) in [5.41, 5.74) is 1.38. The quantitative estimate of drug-likeness (QED) is 0.760. The number of carbonyl (C=O) groups excluding carboxylic acids is 2. The molecule has 0 spiro atoms. The molecule has 0 saturated carbocycles. The predicted octanol–water partition coefficient (Wildman–Crippen LogP) is 2.99. The van der Waals surface area contributed by atoms with E-state index in [1.54, 1.807) is 25.3 Å². The number of methoxy groups -OCH3 is 1. The normalized spacial score (nSPS) is 10.5. The summed E-state index contributed by atoms with van der Waals surface area (Å²) in [6.45, 7) is 0.207. The van der Waals surface area contributed by atoms with Gasteiger partial charge in [-0.3, -0.25) is 9.59 Å². The molecule has 6 heteroatoms. The molecule has 2 aromatic rings. The van der Waals surface area contributed by atoms with Gasteiger partial charge in [0.25, 0.3) is 0 Å². The minimum Gasteiger partial charge on any atom is -0.497 e. The Labute approximate surface area is 145 Å². The molecule has 130 valence electrons. The molecule has 0 atom stereocenters. The van der Waals surface area contributed by atoms with E-state index in [9.17, 15) is 14.0 Å². The van der Waals surface area contributed by atoms with Crippen LogP contribution >= 0.6 is 0 Å². The first-order valence-electron chi connectivity index (χ1n) is 7.72. The summed E-state index contributed by atoms with van der Waals surface area (Å²) in [4.78, 5) is 23.5. The van der Waals surface area contributed by atoms with Crippen molar-refractivity contribution in [3.8, 4) is 5.75 Å². The lowest BCUT2D eigenvalue weighted by Crippen LogP contribution is -2.26. The van der Waals surface area contributed by atoms with E-state index in [1.165, 1.54) is 30.3 Å². The fourth-order valence-corrected chi connectivity index (χ4v) is 2.00. The highest BCUT2D eigenvalue weighted by atomic mass is 19.1. The Morgan fingerprint density at radius 1 is 1.08 bits per heavy atom. The van der Waals surface area contributed by atoms with Gasteiger partial charge in [-0.15, -0.1) is 0 Å². The fraction of sp³-hybridized carbons (Fsp3) is 0.158. The van der Waals surface area contributed by atoms with Crippen LogP contribution in [0.25, 0.3) is 6.08 Å². The van der Waals surface area contributed by atoms with Crippen LogP contribution in [0.4, 0.5) is 10.1 Å². The first kappa shape index (κ1) is 18.2. The van der Waals surface area contributed by atoms with Crippen molar-refractivity contribution in [2.75, 3.05) is 19.0 Å². The Hall–Kier alpha value is -3.15. The topological polar surface area (TPSA) is 67.4 Å². The summed E-state index contributed by atoms with van der Waals surface area (Å²) in [5.74, 6) is -0.167. The van der Waals surface area contributed by atoms with E-state index in [2.05, 4.69) is 10.6 Å². The van der Waals surface area contributed by atoms with Crippen LogP contribution in [-0.4, -0.2) is 25.5 Å². The van der Waals surface area contributed by atoms with Crippen molar-refractivity contribution in [3.63, 3.8) is 0 Å². The maximum absolute atomic E-state index is 12.8. The monoisotopic (exact) mass is 342 g/mol. The van der Waals surface area contributed by atoms with Crippen LogP contribution in [0, 0.1) is 5.82 Å².